The first-order chi connectivity index (χ1) is 13.2. The minimum Gasteiger partial charge on any atom is -0.333 e. The van der Waals surface area contributed by atoms with Crippen LogP contribution in [-0.2, 0) is 13.0 Å². The Hall–Kier alpha value is -2.94. The molecule has 2 unspecified atom stereocenters. The van der Waals surface area contributed by atoms with Gasteiger partial charge in [-0.3, -0.25) is 9.78 Å². The number of carbonyl (C=O) groups is 1. The molecule has 2 aromatic carbocycles. The molecule has 4 rings (SSSR count). The highest BCUT2D eigenvalue weighted by Crippen LogP contribution is 2.38. The van der Waals surface area contributed by atoms with Crippen LogP contribution in [0.3, 0.4) is 0 Å². The molecule has 136 valence electrons. The van der Waals surface area contributed by atoms with Crippen LogP contribution in [0.5, 0.6) is 0 Å². The summed E-state index contributed by atoms with van der Waals surface area (Å²) in [6, 6.07) is 24.4. The summed E-state index contributed by atoms with van der Waals surface area (Å²) in [7, 11) is 0. The van der Waals surface area contributed by atoms with Crippen LogP contribution >= 0.6 is 0 Å². The molecule has 0 spiro atoms. The molecule has 2 atom stereocenters. The Morgan fingerprint density at radius 2 is 1.74 bits per heavy atom. The molecule has 1 heterocycles. The minimum absolute atomic E-state index is 0.00242. The van der Waals surface area contributed by atoms with Gasteiger partial charge < -0.3 is 4.90 Å². The summed E-state index contributed by atoms with van der Waals surface area (Å²) in [5.41, 5.74) is 4.49. The van der Waals surface area contributed by atoms with Gasteiger partial charge in [0.1, 0.15) is 5.69 Å². The van der Waals surface area contributed by atoms with E-state index in [0.717, 1.165) is 18.5 Å². The van der Waals surface area contributed by atoms with Crippen molar-refractivity contribution in [1.82, 2.24) is 9.88 Å². The molecule has 1 aliphatic carbocycles. The van der Waals surface area contributed by atoms with Gasteiger partial charge in [0.25, 0.3) is 5.91 Å². The number of pyridine rings is 1. The molecule has 3 heteroatoms. The smallest absolute Gasteiger partial charge is 0.272 e. The van der Waals surface area contributed by atoms with Gasteiger partial charge in [0.2, 0.25) is 0 Å². The Labute approximate surface area is 160 Å². The number of hydrogen-bond acceptors (Lipinski definition) is 2. The summed E-state index contributed by atoms with van der Waals surface area (Å²) >= 11 is 0. The zero-order chi connectivity index (χ0) is 18.6. The predicted octanol–water partition coefficient (Wildman–Crippen LogP) is 4.70. The lowest BCUT2D eigenvalue weighted by Gasteiger charge is -2.28. The van der Waals surface area contributed by atoms with Crippen molar-refractivity contribution in [2.24, 2.45) is 5.92 Å². The standard InChI is InChI=1S/C24H24N2O/c1-18-21(15-20-11-5-6-12-22(18)20)17-26(16-19-9-3-2-4-10-19)24(27)23-13-7-8-14-25-23/h2-14,18,21H,15-17H2,1H3. The van der Waals surface area contributed by atoms with Gasteiger partial charge in [-0.25, -0.2) is 0 Å². The van der Waals surface area contributed by atoms with Crippen molar-refractivity contribution >= 4 is 5.91 Å². The fraction of sp³-hybridized carbons (Fsp3) is 0.250. The second-order valence-corrected chi connectivity index (χ2v) is 7.34. The Morgan fingerprint density at radius 3 is 2.48 bits per heavy atom. The maximum Gasteiger partial charge on any atom is 0.272 e. The van der Waals surface area contributed by atoms with Crippen LogP contribution in [0.4, 0.5) is 0 Å². The fourth-order valence-electron chi connectivity index (χ4n) is 4.06. The summed E-state index contributed by atoms with van der Waals surface area (Å²) < 4.78 is 0. The van der Waals surface area contributed by atoms with E-state index in [1.54, 1.807) is 12.3 Å². The van der Waals surface area contributed by atoms with Crippen LogP contribution in [0.1, 0.15) is 40.0 Å². The van der Waals surface area contributed by atoms with Gasteiger partial charge >= 0.3 is 0 Å². The Bertz CT molecular complexity index is 908. The maximum atomic E-state index is 13.2. The van der Waals surface area contributed by atoms with E-state index >= 15 is 0 Å². The van der Waals surface area contributed by atoms with Crippen molar-refractivity contribution < 1.29 is 4.79 Å². The fourth-order valence-corrected chi connectivity index (χ4v) is 4.06. The molecule has 0 saturated heterocycles. The highest BCUT2D eigenvalue weighted by Gasteiger charge is 2.31. The van der Waals surface area contributed by atoms with Gasteiger partial charge in [-0.15, -0.1) is 0 Å². The van der Waals surface area contributed by atoms with Gasteiger partial charge in [-0.1, -0.05) is 67.6 Å². The number of aromatic nitrogens is 1. The molecular formula is C24H24N2O. The normalized spacial score (nSPS) is 18.1. The van der Waals surface area contributed by atoms with E-state index in [0.29, 0.717) is 24.1 Å². The second-order valence-electron chi connectivity index (χ2n) is 7.34. The van der Waals surface area contributed by atoms with E-state index in [1.807, 2.05) is 35.2 Å². The van der Waals surface area contributed by atoms with Gasteiger partial charge in [0.15, 0.2) is 0 Å². The number of carbonyl (C=O) groups excluding carboxylic acids is 1. The summed E-state index contributed by atoms with van der Waals surface area (Å²) in [4.78, 5) is 19.4. The zero-order valence-electron chi connectivity index (χ0n) is 15.6. The van der Waals surface area contributed by atoms with Crippen molar-refractivity contribution in [3.05, 3.63) is 101 Å². The second kappa shape index (κ2) is 7.75. The minimum atomic E-state index is 0.00242. The third kappa shape index (κ3) is 3.77. The van der Waals surface area contributed by atoms with Crippen LogP contribution in [-0.4, -0.2) is 22.3 Å². The molecule has 0 radical (unpaired) electrons. The number of hydrogen-bond donors (Lipinski definition) is 0. The summed E-state index contributed by atoms with van der Waals surface area (Å²) in [5.74, 6) is 0.886. The number of benzene rings is 2. The van der Waals surface area contributed by atoms with E-state index in [1.165, 1.54) is 11.1 Å². The van der Waals surface area contributed by atoms with Gasteiger partial charge in [0, 0.05) is 19.3 Å². The monoisotopic (exact) mass is 356 g/mol. The molecule has 0 fully saturated rings. The van der Waals surface area contributed by atoms with E-state index in [2.05, 4.69) is 48.3 Å². The lowest BCUT2D eigenvalue weighted by molar-refractivity contribution is 0.0703. The Morgan fingerprint density at radius 1 is 1.00 bits per heavy atom. The lowest BCUT2D eigenvalue weighted by atomic mass is 9.94. The molecule has 0 N–H and O–H groups in total. The van der Waals surface area contributed by atoms with Crippen LogP contribution in [0.15, 0.2) is 79.0 Å². The number of fused-ring (bicyclic) bond motifs is 1. The topological polar surface area (TPSA) is 33.2 Å². The molecule has 0 saturated carbocycles. The zero-order valence-corrected chi connectivity index (χ0v) is 15.6. The van der Waals surface area contributed by atoms with Crippen molar-refractivity contribution in [3.8, 4) is 0 Å². The molecule has 1 aromatic heterocycles. The molecule has 0 bridgehead atoms. The molecule has 3 aromatic rings. The summed E-state index contributed by atoms with van der Waals surface area (Å²) in [6.07, 6.45) is 2.71. The molecular weight excluding hydrogens is 332 g/mol. The largest absolute Gasteiger partial charge is 0.333 e. The Kier molecular flexibility index (Phi) is 5.01. The van der Waals surface area contributed by atoms with E-state index in [4.69, 9.17) is 0 Å². The van der Waals surface area contributed by atoms with Crippen LogP contribution in [0, 0.1) is 5.92 Å². The van der Waals surface area contributed by atoms with Crippen molar-refractivity contribution in [2.45, 2.75) is 25.8 Å². The van der Waals surface area contributed by atoms with E-state index < -0.39 is 0 Å². The quantitative estimate of drug-likeness (QED) is 0.664. The van der Waals surface area contributed by atoms with Crippen molar-refractivity contribution in [3.63, 3.8) is 0 Å². The SMILES string of the molecule is CC1c2ccccc2CC1CN(Cc1ccccc1)C(=O)c1ccccn1. The first-order valence-electron chi connectivity index (χ1n) is 9.54. The van der Waals surface area contributed by atoms with E-state index in [-0.39, 0.29) is 5.91 Å². The molecule has 0 aliphatic heterocycles. The van der Waals surface area contributed by atoms with Crippen LogP contribution in [0.2, 0.25) is 0 Å². The third-order valence-electron chi connectivity index (χ3n) is 5.58. The number of nitrogens with zero attached hydrogens (tertiary/aromatic N) is 2. The molecule has 1 amide bonds. The van der Waals surface area contributed by atoms with Gasteiger partial charge in [-0.05, 0) is 47.1 Å². The van der Waals surface area contributed by atoms with E-state index in [9.17, 15) is 4.79 Å². The molecule has 1 aliphatic rings. The average Bonchev–Trinajstić information content (AvgIpc) is 3.04. The predicted molar refractivity (Wildman–Crippen MR) is 107 cm³/mol. The molecule has 3 nitrogen and oxygen atoms in total. The average molecular weight is 356 g/mol. The van der Waals surface area contributed by atoms with Crippen molar-refractivity contribution in [2.75, 3.05) is 6.54 Å². The maximum absolute atomic E-state index is 13.2. The Balaban J connectivity index is 1.58. The summed E-state index contributed by atoms with van der Waals surface area (Å²) in [5, 5.41) is 0. The third-order valence-corrected chi connectivity index (χ3v) is 5.58. The highest BCUT2D eigenvalue weighted by molar-refractivity contribution is 5.92. The van der Waals surface area contributed by atoms with Crippen LogP contribution in [0.25, 0.3) is 0 Å². The number of amides is 1. The van der Waals surface area contributed by atoms with Crippen LogP contribution < -0.4 is 0 Å². The number of rotatable bonds is 5. The van der Waals surface area contributed by atoms with Crippen molar-refractivity contribution in [1.29, 1.82) is 0 Å². The first-order valence-corrected chi connectivity index (χ1v) is 9.54. The molecule has 27 heavy (non-hydrogen) atoms. The lowest BCUT2D eigenvalue weighted by Crippen LogP contribution is -2.36. The van der Waals surface area contributed by atoms with Gasteiger partial charge in [0.05, 0.1) is 0 Å². The van der Waals surface area contributed by atoms with Gasteiger partial charge in [-0.2, -0.15) is 0 Å². The summed E-state index contributed by atoms with van der Waals surface area (Å²) in [6.45, 7) is 3.62. The highest BCUT2D eigenvalue weighted by atomic mass is 16.2. The first kappa shape index (κ1) is 17.5.